The molecule has 0 saturated carbocycles. The Morgan fingerprint density at radius 2 is 1.95 bits per heavy atom. The zero-order valence-corrected chi connectivity index (χ0v) is 11.2. The quantitative estimate of drug-likeness (QED) is 0.802. The maximum absolute atomic E-state index is 10.8. The van der Waals surface area contributed by atoms with E-state index in [2.05, 4.69) is 4.98 Å². The second-order valence-electron chi connectivity index (χ2n) is 4.51. The second kappa shape index (κ2) is 4.98. The molecule has 1 aromatic heterocycles. The van der Waals surface area contributed by atoms with Crippen molar-refractivity contribution in [3.63, 3.8) is 0 Å². The molecular weight excluding hydrogens is 276 g/mol. The van der Waals surface area contributed by atoms with E-state index in [1.54, 1.807) is 30.6 Å². The van der Waals surface area contributed by atoms with Crippen LogP contribution in [0.1, 0.15) is 15.9 Å². The van der Waals surface area contributed by atoms with E-state index in [0.29, 0.717) is 11.6 Å². The minimum atomic E-state index is -0.920. The summed E-state index contributed by atoms with van der Waals surface area (Å²) in [5.74, 6) is -0.920. The summed E-state index contributed by atoms with van der Waals surface area (Å²) in [6.07, 6.45) is 1.76. The zero-order chi connectivity index (χ0) is 14.1. The van der Waals surface area contributed by atoms with Crippen molar-refractivity contribution in [2.24, 2.45) is 0 Å². The number of carboxylic acids is 1. The number of imidazole rings is 1. The predicted molar refractivity (Wildman–Crippen MR) is 77.2 cm³/mol. The van der Waals surface area contributed by atoms with Crippen molar-refractivity contribution >= 4 is 28.6 Å². The van der Waals surface area contributed by atoms with E-state index >= 15 is 0 Å². The summed E-state index contributed by atoms with van der Waals surface area (Å²) < 4.78 is 1.98. The van der Waals surface area contributed by atoms with Gasteiger partial charge < -0.3 is 9.67 Å². The summed E-state index contributed by atoms with van der Waals surface area (Å²) in [6, 6.07) is 12.4. The van der Waals surface area contributed by atoms with Crippen LogP contribution in [-0.4, -0.2) is 20.6 Å². The molecule has 0 amide bonds. The SMILES string of the molecule is O=C(O)c1ccc(Cn2cnc3ccc(Cl)cc32)cc1. The first-order valence-corrected chi connectivity index (χ1v) is 6.44. The van der Waals surface area contributed by atoms with Crippen LogP contribution in [-0.2, 0) is 6.54 Å². The van der Waals surface area contributed by atoms with Gasteiger partial charge in [-0.3, -0.25) is 0 Å². The Morgan fingerprint density at radius 1 is 1.20 bits per heavy atom. The molecular formula is C15H11ClN2O2. The standard InChI is InChI=1S/C15H11ClN2O2/c16-12-5-6-13-14(7-12)18(9-17-13)8-10-1-3-11(4-2-10)15(19)20/h1-7,9H,8H2,(H,19,20). The highest BCUT2D eigenvalue weighted by Crippen LogP contribution is 2.19. The third-order valence-corrected chi connectivity index (χ3v) is 3.37. The fraction of sp³-hybridized carbons (Fsp3) is 0.0667. The Kier molecular flexibility index (Phi) is 3.16. The number of nitrogens with zero attached hydrogens (tertiary/aromatic N) is 2. The first-order valence-electron chi connectivity index (χ1n) is 6.06. The molecule has 0 aliphatic carbocycles. The Balaban J connectivity index is 1.92. The lowest BCUT2D eigenvalue weighted by Gasteiger charge is -2.05. The van der Waals surface area contributed by atoms with E-state index in [4.69, 9.17) is 16.7 Å². The Morgan fingerprint density at radius 3 is 2.65 bits per heavy atom. The number of benzene rings is 2. The molecule has 0 fully saturated rings. The maximum atomic E-state index is 10.8. The molecule has 0 spiro atoms. The molecule has 0 aliphatic heterocycles. The van der Waals surface area contributed by atoms with Gasteiger partial charge in [-0.2, -0.15) is 0 Å². The van der Waals surface area contributed by atoms with Gasteiger partial charge in [0, 0.05) is 11.6 Å². The van der Waals surface area contributed by atoms with Gasteiger partial charge in [-0.1, -0.05) is 23.7 Å². The van der Waals surface area contributed by atoms with Crippen LogP contribution in [0.15, 0.2) is 48.8 Å². The van der Waals surface area contributed by atoms with Crippen LogP contribution in [0, 0.1) is 0 Å². The summed E-state index contributed by atoms with van der Waals surface area (Å²) in [4.78, 5) is 15.1. The van der Waals surface area contributed by atoms with Crippen molar-refractivity contribution in [2.45, 2.75) is 6.54 Å². The molecule has 0 saturated heterocycles. The topological polar surface area (TPSA) is 55.1 Å². The number of carboxylic acid groups (broad SMARTS) is 1. The molecule has 0 radical (unpaired) electrons. The van der Waals surface area contributed by atoms with E-state index in [1.807, 2.05) is 22.8 Å². The van der Waals surface area contributed by atoms with E-state index in [-0.39, 0.29) is 5.56 Å². The normalized spacial score (nSPS) is 10.8. The highest BCUT2D eigenvalue weighted by molar-refractivity contribution is 6.31. The average molecular weight is 287 g/mol. The number of aromatic carboxylic acids is 1. The number of fused-ring (bicyclic) bond motifs is 1. The van der Waals surface area contributed by atoms with Gasteiger partial charge in [0.15, 0.2) is 0 Å². The molecule has 3 rings (SSSR count). The molecule has 0 unspecified atom stereocenters. The lowest BCUT2D eigenvalue weighted by molar-refractivity contribution is 0.0697. The summed E-state index contributed by atoms with van der Waals surface area (Å²) in [7, 11) is 0. The Labute approximate surface area is 120 Å². The molecule has 4 nitrogen and oxygen atoms in total. The molecule has 20 heavy (non-hydrogen) atoms. The highest BCUT2D eigenvalue weighted by Gasteiger charge is 2.05. The fourth-order valence-electron chi connectivity index (χ4n) is 2.11. The number of hydrogen-bond acceptors (Lipinski definition) is 2. The highest BCUT2D eigenvalue weighted by atomic mass is 35.5. The molecule has 3 aromatic rings. The zero-order valence-electron chi connectivity index (χ0n) is 10.5. The van der Waals surface area contributed by atoms with Gasteiger partial charge in [-0.15, -0.1) is 0 Å². The monoisotopic (exact) mass is 286 g/mol. The first-order chi connectivity index (χ1) is 9.63. The number of rotatable bonds is 3. The minimum Gasteiger partial charge on any atom is -0.478 e. The van der Waals surface area contributed by atoms with Crippen molar-refractivity contribution in [3.05, 3.63) is 64.9 Å². The lowest BCUT2D eigenvalue weighted by atomic mass is 10.1. The molecule has 1 heterocycles. The number of carbonyl (C=O) groups is 1. The smallest absolute Gasteiger partial charge is 0.335 e. The second-order valence-corrected chi connectivity index (χ2v) is 4.94. The summed E-state index contributed by atoms with van der Waals surface area (Å²) >= 11 is 6.00. The largest absolute Gasteiger partial charge is 0.478 e. The van der Waals surface area contributed by atoms with Gasteiger partial charge in [-0.05, 0) is 35.9 Å². The minimum absolute atomic E-state index is 0.285. The van der Waals surface area contributed by atoms with Crippen molar-refractivity contribution in [2.75, 3.05) is 0 Å². The van der Waals surface area contributed by atoms with Gasteiger partial charge in [0.1, 0.15) is 0 Å². The van der Waals surface area contributed by atoms with E-state index in [9.17, 15) is 4.79 Å². The van der Waals surface area contributed by atoms with Crippen molar-refractivity contribution < 1.29 is 9.90 Å². The third-order valence-electron chi connectivity index (χ3n) is 3.14. The summed E-state index contributed by atoms with van der Waals surface area (Å²) in [5.41, 5.74) is 3.14. The van der Waals surface area contributed by atoms with Gasteiger partial charge in [0.25, 0.3) is 0 Å². The summed E-state index contributed by atoms with van der Waals surface area (Å²) in [6.45, 7) is 0.622. The van der Waals surface area contributed by atoms with Crippen LogP contribution < -0.4 is 0 Å². The number of hydrogen-bond donors (Lipinski definition) is 1. The molecule has 5 heteroatoms. The van der Waals surface area contributed by atoms with E-state index < -0.39 is 5.97 Å². The molecule has 1 N–H and O–H groups in total. The number of halogens is 1. The van der Waals surface area contributed by atoms with Crippen molar-refractivity contribution in [3.8, 4) is 0 Å². The van der Waals surface area contributed by atoms with E-state index in [0.717, 1.165) is 16.6 Å². The molecule has 100 valence electrons. The van der Waals surface area contributed by atoms with Gasteiger partial charge >= 0.3 is 5.97 Å². The van der Waals surface area contributed by atoms with Gasteiger partial charge in [0.2, 0.25) is 0 Å². The average Bonchev–Trinajstić information content (AvgIpc) is 2.82. The van der Waals surface area contributed by atoms with Crippen molar-refractivity contribution in [1.29, 1.82) is 0 Å². The Bertz CT molecular complexity index is 778. The molecule has 0 atom stereocenters. The van der Waals surface area contributed by atoms with Crippen LogP contribution >= 0.6 is 11.6 Å². The van der Waals surface area contributed by atoms with Crippen LogP contribution in [0.5, 0.6) is 0 Å². The fourth-order valence-corrected chi connectivity index (χ4v) is 2.27. The maximum Gasteiger partial charge on any atom is 0.335 e. The lowest BCUT2D eigenvalue weighted by Crippen LogP contribution is -2.00. The van der Waals surface area contributed by atoms with Gasteiger partial charge in [0.05, 0.1) is 22.9 Å². The van der Waals surface area contributed by atoms with Crippen LogP contribution in [0.3, 0.4) is 0 Å². The molecule has 2 aromatic carbocycles. The predicted octanol–water partition coefficient (Wildman–Crippen LogP) is 3.44. The van der Waals surface area contributed by atoms with Crippen LogP contribution in [0.2, 0.25) is 5.02 Å². The Hall–Kier alpha value is -2.33. The number of aromatic nitrogens is 2. The van der Waals surface area contributed by atoms with Crippen molar-refractivity contribution in [1.82, 2.24) is 9.55 Å². The molecule has 0 aliphatic rings. The molecule has 0 bridgehead atoms. The van der Waals surface area contributed by atoms with Gasteiger partial charge in [-0.25, -0.2) is 9.78 Å². The third kappa shape index (κ3) is 2.38. The summed E-state index contributed by atoms with van der Waals surface area (Å²) in [5, 5.41) is 9.54. The van der Waals surface area contributed by atoms with Crippen LogP contribution in [0.4, 0.5) is 0 Å². The first kappa shape index (κ1) is 12.7. The van der Waals surface area contributed by atoms with Crippen LogP contribution in [0.25, 0.3) is 11.0 Å². The van der Waals surface area contributed by atoms with E-state index in [1.165, 1.54) is 0 Å².